The Bertz CT molecular complexity index is 565. The zero-order valence-corrected chi connectivity index (χ0v) is 11.9. The van der Waals surface area contributed by atoms with Crippen LogP contribution in [0.15, 0.2) is 48.5 Å². The Labute approximate surface area is 120 Å². The normalized spacial score (nSPS) is 16.9. The summed E-state index contributed by atoms with van der Waals surface area (Å²) in [4.78, 5) is 0. The Hall–Kier alpha value is -1.80. The number of nitrogens with one attached hydrogen (secondary N) is 1. The first-order chi connectivity index (χ1) is 9.88. The van der Waals surface area contributed by atoms with Gasteiger partial charge in [-0.05, 0) is 42.1 Å². The number of hydrogen-bond donors (Lipinski definition) is 1. The van der Waals surface area contributed by atoms with Crippen molar-refractivity contribution < 1.29 is 4.74 Å². The van der Waals surface area contributed by atoms with E-state index >= 15 is 0 Å². The molecule has 0 aliphatic heterocycles. The summed E-state index contributed by atoms with van der Waals surface area (Å²) < 4.78 is 6.03. The van der Waals surface area contributed by atoms with E-state index in [0.29, 0.717) is 12.6 Å². The highest BCUT2D eigenvalue weighted by atomic mass is 16.5. The van der Waals surface area contributed by atoms with Crippen molar-refractivity contribution in [2.45, 2.75) is 32.4 Å². The molecule has 2 heteroatoms. The number of hydrogen-bond acceptors (Lipinski definition) is 2. The summed E-state index contributed by atoms with van der Waals surface area (Å²) in [7, 11) is 0. The van der Waals surface area contributed by atoms with Crippen molar-refractivity contribution in [3.05, 3.63) is 65.2 Å². The van der Waals surface area contributed by atoms with Crippen LogP contribution < -0.4 is 10.1 Å². The third-order valence-electron chi connectivity index (χ3n) is 3.92. The van der Waals surface area contributed by atoms with Crippen molar-refractivity contribution in [3.63, 3.8) is 0 Å². The Kier molecular flexibility index (Phi) is 4.03. The Balaban J connectivity index is 1.75. The molecule has 1 atom stereocenters. The molecule has 3 rings (SSSR count). The summed E-state index contributed by atoms with van der Waals surface area (Å²) in [5, 5.41) is 3.55. The Morgan fingerprint density at radius 2 is 1.95 bits per heavy atom. The molecule has 1 aliphatic rings. The molecule has 0 radical (unpaired) electrons. The first-order valence-corrected chi connectivity index (χ1v) is 7.40. The Morgan fingerprint density at radius 3 is 2.75 bits per heavy atom. The van der Waals surface area contributed by atoms with Gasteiger partial charge in [-0.15, -0.1) is 0 Å². The molecule has 0 heterocycles. The molecular formula is C18H21NO. The molecule has 0 saturated carbocycles. The van der Waals surface area contributed by atoms with Crippen LogP contribution in [0.5, 0.6) is 5.75 Å². The van der Waals surface area contributed by atoms with E-state index < -0.39 is 0 Å². The molecule has 20 heavy (non-hydrogen) atoms. The second kappa shape index (κ2) is 6.10. The minimum Gasteiger partial charge on any atom is -0.489 e. The molecule has 1 aliphatic carbocycles. The largest absolute Gasteiger partial charge is 0.489 e. The van der Waals surface area contributed by atoms with E-state index in [1.807, 2.05) is 6.07 Å². The first kappa shape index (κ1) is 13.2. The minimum absolute atomic E-state index is 0.496. The number of fused-ring (bicyclic) bond motifs is 1. The lowest BCUT2D eigenvalue weighted by Gasteiger charge is -2.14. The van der Waals surface area contributed by atoms with Gasteiger partial charge in [0.05, 0.1) is 0 Å². The van der Waals surface area contributed by atoms with Crippen LogP contribution in [0.4, 0.5) is 0 Å². The van der Waals surface area contributed by atoms with E-state index in [2.05, 4.69) is 54.7 Å². The van der Waals surface area contributed by atoms with Gasteiger partial charge in [0.15, 0.2) is 0 Å². The molecule has 0 spiro atoms. The molecular weight excluding hydrogens is 246 g/mol. The van der Waals surface area contributed by atoms with Crippen LogP contribution in [-0.2, 0) is 13.0 Å². The van der Waals surface area contributed by atoms with Gasteiger partial charge in [0.2, 0.25) is 0 Å². The van der Waals surface area contributed by atoms with E-state index in [9.17, 15) is 0 Å². The smallest absolute Gasteiger partial charge is 0.123 e. The van der Waals surface area contributed by atoms with Crippen molar-refractivity contribution in [2.75, 3.05) is 6.54 Å². The second-order valence-corrected chi connectivity index (χ2v) is 5.25. The average Bonchev–Trinajstić information content (AvgIpc) is 2.91. The highest BCUT2D eigenvalue weighted by Crippen LogP contribution is 2.37. The highest BCUT2D eigenvalue weighted by molar-refractivity contribution is 5.45. The molecule has 2 aromatic carbocycles. The lowest BCUT2D eigenvalue weighted by Crippen LogP contribution is -2.18. The van der Waals surface area contributed by atoms with Crippen molar-refractivity contribution in [3.8, 4) is 5.75 Å². The SMILES string of the molecule is CCN[C@H]1CCc2c(OCc3ccccc3)cccc21. The summed E-state index contributed by atoms with van der Waals surface area (Å²) in [5.74, 6) is 1.05. The van der Waals surface area contributed by atoms with Crippen LogP contribution in [0, 0.1) is 0 Å². The van der Waals surface area contributed by atoms with Gasteiger partial charge >= 0.3 is 0 Å². The van der Waals surface area contributed by atoms with Gasteiger partial charge in [-0.25, -0.2) is 0 Å². The molecule has 0 aromatic heterocycles. The van der Waals surface area contributed by atoms with Crippen LogP contribution in [0.25, 0.3) is 0 Å². The van der Waals surface area contributed by atoms with Gasteiger partial charge in [0, 0.05) is 6.04 Å². The van der Waals surface area contributed by atoms with E-state index in [1.165, 1.54) is 23.1 Å². The standard InChI is InChI=1S/C18H21NO/c1-2-19-17-12-11-16-15(17)9-6-10-18(16)20-13-14-7-4-3-5-8-14/h3-10,17,19H,2,11-13H2,1H3/t17-/m0/s1. The topological polar surface area (TPSA) is 21.3 Å². The zero-order chi connectivity index (χ0) is 13.8. The number of benzene rings is 2. The minimum atomic E-state index is 0.496. The van der Waals surface area contributed by atoms with Crippen molar-refractivity contribution in [1.82, 2.24) is 5.32 Å². The zero-order valence-electron chi connectivity index (χ0n) is 11.9. The second-order valence-electron chi connectivity index (χ2n) is 5.25. The highest BCUT2D eigenvalue weighted by Gasteiger charge is 2.24. The summed E-state index contributed by atoms with van der Waals surface area (Å²) in [6, 6.07) is 17.3. The van der Waals surface area contributed by atoms with Crippen molar-refractivity contribution >= 4 is 0 Å². The number of ether oxygens (including phenoxy) is 1. The lowest BCUT2D eigenvalue weighted by molar-refractivity contribution is 0.303. The van der Waals surface area contributed by atoms with Gasteiger partial charge in [-0.1, -0.05) is 49.4 Å². The summed E-state index contributed by atoms with van der Waals surface area (Å²) in [6.07, 6.45) is 2.28. The van der Waals surface area contributed by atoms with E-state index in [4.69, 9.17) is 4.74 Å². The van der Waals surface area contributed by atoms with E-state index in [0.717, 1.165) is 18.7 Å². The Morgan fingerprint density at radius 1 is 1.10 bits per heavy atom. The quantitative estimate of drug-likeness (QED) is 0.888. The van der Waals surface area contributed by atoms with Gasteiger partial charge < -0.3 is 10.1 Å². The fourth-order valence-electron chi connectivity index (χ4n) is 2.95. The molecule has 0 saturated heterocycles. The first-order valence-electron chi connectivity index (χ1n) is 7.40. The molecule has 1 N–H and O–H groups in total. The summed E-state index contributed by atoms with van der Waals surface area (Å²) in [5.41, 5.74) is 4.01. The molecule has 0 unspecified atom stereocenters. The molecule has 0 bridgehead atoms. The fourth-order valence-corrected chi connectivity index (χ4v) is 2.95. The molecule has 0 fully saturated rings. The summed E-state index contributed by atoms with van der Waals surface area (Å²) >= 11 is 0. The molecule has 0 amide bonds. The van der Waals surface area contributed by atoms with Gasteiger partial charge in [0.1, 0.15) is 12.4 Å². The monoisotopic (exact) mass is 267 g/mol. The lowest BCUT2D eigenvalue weighted by atomic mass is 10.1. The predicted octanol–water partition coefficient (Wildman–Crippen LogP) is 3.86. The van der Waals surface area contributed by atoms with E-state index in [1.54, 1.807) is 0 Å². The third kappa shape index (κ3) is 2.70. The van der Waals surface area contributed by atoms with Gasteiger partial charge in [-0.3, -0.25) is 0 Å². The maximum atomic E-state index is 6.03. The predicted molar refractivity (Wildman–Crippen MR) is 82.0 cm³/mol. The van der Waals surface area contributed by atoms with Crippen LogP contribution in [0.2, 0.25) is 0 Å². The van der Waals surface area contributed by atoms with Gasteiger partial charge in [-0.2, -0.15) is 0 Å². The van der Waals surface area contributed by atoms with Crippen molar-refractivity contribution in [1.29, 1.82) is 0 Å². The maximum Gasteiger partial charge on any atom is 0.123 e. The van der Waals surface area contributed by atoms with Gasteiger partial charge in [0.25, 0.3) is 0 Å². The third-order valence-corrected chi connectivity index (χ3v) is 3.92. The average molecular weight is 267 g/mol. The van der Waals surface area contributed by atoms with Crippen LogP contribution >= 0.6 is 0 Å². The van der Waals surface area contributed by atoms with Crippen molar-refractivity contribution in [2.24, 2.45) is 0 Å². The number of rotatable bonds is 5. The fraction of sp³-hybridized carbons (Fsp3) is 0.333. The van der Waals surface area contributed by atoms with E-state index in [-0.39, 0.29) is 0 Å². The van der Waals surface area contributed by atoms with Crippen LogP contribution in [0.1, 0.15) is 36.1 Å². The van der Waals surface area contributed by atoms with Crippen LogP contribution in [0.3, 0.4) is 0 Å². The van der Waals surface area contributed by atoms with Crippen LogP contribution in [-0.4, -0.2) is 6.54 Å². The molecule has 2 aromatic rings. The maximum absolute atomic E-state index is 6.03. The summed E-state index contributed by atoms with van der Waals surface area (Å²) in [6.45, 7) is 3.82. The molecule has 104 valence electrons. The molecule has 2 nitrogen and oxygen atoms in total.